The lowest BCUT2D eigenvalue weighted by Crippen LogP contribution is -2.58. The quantitative estimate of drug-likeness (QED) is 0.515. The first kappa shape index (κ1) is 20.0. The van der Waals surface area contributed by atoms with Gasteiger partial charge in [-0.3, -0.25) is 9.69 Å². The Morgan fingerprint density at radius 1 is 1.06 bits per heavy atom. The second-order valence-corrected chi connectivity index (χ2v) is 10.1. The first-order chi connectivity index (χ1) is 15.7. The minimum atomic E-state index is 0.0590. The van der Waals surface area contributed by atoms with Crippen LogP contribution in [0.25, 0.3) is 17.0 Å². The molecule has 1 saturated carbocycles. The minimum Gasteiger partial charge on any atom is -0.357 e. The van der Waals surface area contributed by atoms with E-state index in [2.05, 4.69) is 59.3 Å². The van der Waals surface area contributed by atoms with E-state index in [9.17, 15) is 4.79 Å². The molecule has 1 aromatic heterocycles. The molecular weight excluding hydrogens is 392 g/mol. The van der Waals surface area contributed by atoms with E-state index in [1.54, 1.807) is 0 Å². The minimum absolute atomic E-state index is 0.0590. The molecule has 3 heterocycles. The van der Waals surface area contributed by atoms with Crippen molar-refractivity contribution in [2.75, 3.05) is 13.1 Å². The molecule has 0 bridgehead atoms. The van der Waals surface area contributed by atoms with Gasteiger partial charge in [-0.15, -0.1) is 0 Å². The highest BCUT2D eigenvalue weighted by Crippen LogP contribution is 2.52. The molecule has 2 fully saturated rings. The maximum Gasteiger partial charge on any atom is 0.159 e. The molecular formula is C29H32N2O. The maximum absolute atomic E-state index is 13.2. The first-order valence-corrected chi connectivity index (χ1v) is 12.3. The standard InChI is InChI=1S/C29H32N2O/c1-2-13-29-18-22-17-27(32)21(15-20-8-4-3-5-9-20)16-23(22)19-31(29)14-12-25-24-10-6-7-11-26(24)30-28(25)29/h3-11,15,22-23,30H,2,12-14,16-19H2,1H3/b21-15+/t22?,23?,29-/m0/s1. The van der Waals surface area contributed by atoms with E-state index < -0.39 is 0 Å². The van der Waals surface area contributed by atoms with E-state index in [-0.39, 0.29) is 5.54 Å². The highest BCUT2D eigenvalue weighted by atomic mass is 16.1. The fourth-order valence-electron chi connectivity index (χ4n) is 6.93. The molecule has 1 saturated heterocycles. The lowest BCUT2D eigenvalue weighted by molar-refractivity contribution is -0.121. The van der Waals surface area contributed by atoms with Crippen LogP contribution in [0, 0.1) is 11.8 Å². The predicted molar refractivity (Wildman–Crippen MR) is 130 cm³/mol. The smallest absolute Gasteiger partial charge is 0.159 e. The van der Waals surface area contributed by atoms with Gasteiger partial charge in [0.05, 0.1) is 5.54 Å². The molecule has 1 N–H and O–H groups in total. The number of Topliss-reactive ketones (excluding diaryl/α,β-unsaturated/α-hetero) is 1. The molecule has 3 heteroatoms. The Bertz CT molecular complexity index is 1190. The number of nitrogens with zero attached hydrogens (tertiary/aromatic N) is 1. The Labute approximate surface area is 190 Å². The zero-order valence-corrected chi connectivity index (χ0v) is 18.9. The first-order valence-electron chi connectivity index (χ1n) is 12.3. The molecule has 0 amide bonds. The molecule has 3 atom stereocenters. The van der Waals surface area contributed by atoms with Crippen molar-refractivity contribution in [3.63, 3.8) is 0 Å². The van der Waals surface area contributed by atoms with Crippen LogP contribution in [0.5, 0.6) is 0 Å². The molecule has 3 aliphatic rings. The van der Waals surface area contributed by atoms with Crippen LogP contribution < -0.4 is 0 Å². The lowest BCUT2D eigenvalue weighted by atomic mass is 9.63. The summed E-state index contributed by atoms with van der Waals surface area (Å²) in [6.07, 6.45) is 8.32. The van der Waals surface area contributed by atoms with Gasteiger partial charge >= 0.3 is 0 Å². The molecule has 2 aromatic carbocycles. The Kier molecular flexibility index (Phi) is 4.83. The van der Waals surface area contributed by atoms with E-state index in [1.807, 2.05) is 18.2 Å². The molecule has 2 aliphatic heterocycles. The molecule has 3 nitrogen and oxygen atoms in total. The van der Waals surface area contributed by atoms with Gasteiger partial charge in [0, 0.05) is 36.1 Å². The summed E-state index contributed by atoms with van der Waals surface area (Å²) >= 11 is 0. The van der Waals surface area contributed by atoms with Gasteiger partial charge in [-0.05, 0) is 66.4 Å². The Balaban J connectivity index is 1.36. The highest BCUT2D eigenvalue weighted by molar-refractivity contribution is 6.00. The van der Waals surface area contributed by atoms with Crippen LogP contribution in [-0.4, -0.2) is 28.8 Å². The number of para-hydroxylation sites is 1. The number of benzene rings is 2. The number of hydrogen-bond donors (Lipinski definition) is 1. The third-order valence-electron chi connectivity index (χ3n) is 8.33. The van der Waals surface area contributed by atoms with Crippen LogP contribution in [0.3, 0.4) is 0 Å². The number of H-pyrrole nitrogens is 1. The Morgan fingerprint density at radius 2 is 1.88 bits per heavy atom. The molecule has 32 heavy (non-hydrogen) atoms. The van der Waals surface area contributed by atoms with Gasteiger partial charge in [0.1, 0.15) is 0 Å². The zero-order valence-electron chi connectivity index (χ0n) is 18.9. The van der Waals surface area contributed by atoms with Gasteiger partial charge in [-0.2, -0.15) is 0 Å². The second kappa shape index (κ2) is 7.74. The van der Waals surface area contributed by atoms with Gasteiger partial charge < -0.3 is 4.98 Å². The van der Waals surface area contributed by atoms with Crippen LogP contribution in [0.1, 0.15) is 55.8 Å². The molecule has 3 aromatic rings. The number of carbonyl (C=O) groups excluding carboxylic acids is 1. The second-order valence-electron chi connectivity index (χ2n) is 10.1. The molecule has 6 rings (SSSR count). The zero-order chi connectivity index (χ0) is 21.7. The fraction of sp³-hybridized carbons (Fsp3) is 0.414. The summed E-state index contributed by atoms with van der Waals surface area (Å²) < 4.78 is 0. The van der Waals surface area contributed by atoms with E-state index >= 15 is 0 Å². The third-order valence-corrected chi connectivity index (χ3v) is 8.33. The van der Waals surface area contributed by atoms with Gasteiger partial charge in [-0.25, -0.2) is 0 Å². The van der Waals surface area contributed by atoms with E-state index in [0.717, 1.165) is 56.3 Å². The van der Waals surface area contributed by atoms with Gasteiger partial charge in [-0.1, -0.05) is 61.9 Å². The number of allylic oxidation sites excluding steroid dienone is 1. The summed E-state index contributed by atoms with van der Waals surface area (Å²) in [6.45, 7) is 4.55. The third kappa shape index (κ3) is 3.09. The Morgan fingerprint density at radius 3 is 2.72 bits per heavy atom. The molecule has 1 aliphatic carbocycles. The van der Waals surface area contributed by atoms with Crippen LogP contribution >= 0.6 is 0 Å². The molecule has 164 valence electrons. The highest BCUT2D eigenvalue weighted by Gasteiger charge is 2.51. The number of nitrogens with one attached hydrogen (secondary N) is 1. The average Bonchev–Trinajstić information content (AvgIpc) is 3.19. The number of ketones is 1. The molecule has 2 unspecified atom stereocenters. The molecule has 0 spiro atoms. The van der Waals surface area contributed by atoms with Gasteiger partial charge in [0.25, 0.3) is 0 Å². The number of hydrogen-bond acceptors (Lipinski definition) is 2. The number of carbonyl (C=O) groups is 1. The number of fused-ring (bicyclic) bond motifs is 6. The van der Waals surface area contributed by atoms with Crippen LogP contribution in [0.15, 0.2) is 60.2 Å². The summed E-state index contributed by atoms with van der Waals surface area (Å²) in [6, 6.07) is 19.1. The van der Waals surface area contributed by atoms with Crippen molar-refractivity contribution in [2.45, 2.75) is 51.0 Å². The van der Waals surface area contributed by atoms with Gasteiger partial charge in [0.2, 0.25) is 0 Å². The summed E-state index contributed by atoms with van der Waals surface area (Å²) in [4.78, 5) is 19.8. The van der Waals surface area contributed by atoms with Crippen molar-refractivity contribution in [1.82, 2.24) is 9.88 Å². The van der Waals surface area contributed by atoms with Crippen LogP contribution in [0.4, 0.5) is 0 Å². The number of rotatable bonds is 3. The summed E-state index contributed by atoms with van der Waals surface area (Å²) in [5, 5.41) is 1.40. The van der Waals surface area contributed by atoms with Crippen molar-refractivity contribution in [2.24, 2.45) is 11.8 Å². The normalized spacial score (nSPS) is 29.0. The van der Waals surface area contributed by atoms with Crippen molar-refractivity contribution in [3.8, 4) is 0 Å². The lowest BCUT2D eigenvalue weighted by Gasteiger charge is -2.56. The summed E-state index contributed by atoms with van der Waals surface area (Å²) in [5.74, 6) is 1.43. The van der Waals surface area contributed by atoms with Crippen molar-refractivity contribution >= 4 is 22.8 Å². The number of aromatic nitrogens is 1. The summed E-state index contributed by atoms with van der Waals surface area (Å²) in [7, 11) is 0. The maximum atomic E-state index is 13.2. The average molecular weight is 425 g/mol. The van der Waals surface area contributed by atoms with E-state index in [4.69, 9.17) is 0 Å². The van der Waals surface area contributed by atoms with Crippen LogP contribution in [-0.2, 0) is 16.8 Å². The van der Waals surface area contributed by atoms with E-state index in [0.29, 0.717) is 24.0 Å². The summed E-state index contributed by atoms with van der Waals surface area (Å²) in [5.41, 5.74) is 6.47. The van der Waals surface area contributed by atoms with Crippen molar-refractivity contribution in [1.29, 1.82) is 0 Å². The monoisotopic (exact) mass is 424 g/mol. The van der Waals surface area contributed by atoms with Gasteiger partial charge in [0.15, 0.2) is 5.78 Å². The largest absolute Gasteiger partial charge is 0.357 e. The molecule has 0 radical (unpaired) electrons. The van der Waals surface area contributed by atoms with Crippen molar-refractivity contribution < 1.29 is 4.79 Å². The topological polar surface area (TPSA) is 36.1 Å². The predicted octanol–water partition coefficient (Wildman–Crippen LogP) is 6.10. The van der Waals surface area contributed by atoms with E-state index in [1.165, 1.54) is 22.2 Å². The fourth-order valence-corrected chi connectivity index (χ4v) is 6.93. The SMILES string of the molecule is CCC[C@@]12CC3CC(=O)/C(=C/c4ccccc4)CC3CN1CCc1c2[nH]c2ccccc12. The van der Waals surface area contributed by atoms with Crippen LogP contribution in [0.2, 0.25) is 0 Å². The Hall–Kier alpha value is -2.65. The van der Waals surface area contributed by atoms with Crippen molar-refractivity contribution in [3.05, 3.63) is 77.0 Å². The number of piperidine rings is 1. The number of aromatic amines is 1.